The largest absolute Gasteiger partial charge is 0.462 e. The molecule has 2 N–H and O–H groups in total. The minimum atomic E-state index is -0.324. The second-order valence-corrected chi connectivity index (χ2v) is 3.25. The number of carbonyl (C=O) groups is 1. The number of aliphatic hydroxyl groups excluding tert-OH is 1. The highest BCUT2D eigenvalue weighted by atomic mass is 16.5. The molecule has 0 radical (unpaired) electrons. The van der Waals surface area contributed by atoms with Gasteiger partial charge in [0.15, 0.2) is 0 Å². The first kappa shape index (κ1) is 13.4. The van der Waals surface area contributed by atoms with Gasteiger partial charge in [0.1, 0.15) is 0 Å². The summed E-state index contributed by atoms with van der Waals surface area (Å²) in [5.74, 6) is -0.324. The molecule has 0 saturated heterocycles. The van der Waals surface area contributed by atoms with Gasteiger partial charge < -0.3 is 14.6 Å². The van der Waals surface area contributed by atoms with Crippen LogP contribution in [0.2, 0.25) is 0 Å². The van der Waals surface area contributed by atoms with E-state index in [2.05, 4.69) is 5.32 Å². The Morgan fingerprint density at radius 3 is 2.57 bits per heavy atom. The Bertz CT molecular complexity index is 161. The highest BCUT2D eigenvalue weighted by Gasteiger charge is 2.10. The first-order valence-electron chi connectivity index (χ1n) is 4.62. The number of carbonyl (C=O) groups excluding carboxylic acids is 1. The Kier molecular flexibility index (Phi) is 7.37. The van der Waals surface area contributed by atoms with Crippen molar-refractivity contribution in [1.82, 2.24) is 5.32 Å². The summed E-state index contributed by atoms with van der Waals surface area (Å²) >= 11 is 0. The Balaban J connectivity index is 3.62. The van der Waals surface area contributed by atoms with Crippen LogP contribution in [0.25, 0.3) is 0 Å². The van der Waals surface area contributed by atoms with E-state index in [9.17, 15) is 4.79 Å². The molecule has 0 rings (SSSR count). The molecule has 84 valence electrons. The minimum absolute atomic E-state index is 0.0667. The van der Waals surface area contributed by atoms with Crippen LogP contribution in [-0.2, 0) is 14.3 Å². The number of nitrogens with one attached hydrogen (secondary N) is 1. The lowest BCUT2D eigenvalue weighted by atomic mass is 10.3. The van der Waals surface area contributed by atoms with Crippen LogP contribution in [-0.4, -0.2) is 50.1 Å². The summed E-state index contributed by atoms with van der Waals surface area (Å²) < 4.78 is 9.73. The first-order valence-corrected chi connectivity index (χ1v) is 4.62. The monoisotopic (exact) mass is 205 g/mol. The highest BCUT2D eigenvalue weighted by Crippen LogP contribution is 1.89. The van der Waals surface area contributed by atoms with Crippen LogP contribution in [0.1, 0.15) is 13.8 Å². The average molecular weight is 205 g/mol. The van der Waals surface area contributed by atoms with Crippen LogP contribution in [0.4, 0.5) is 0 Å². The Hall–Kier alpha value is -0.650. The summed E-state index contributed by atoms with van der Waals surface area (Å²) in [6, 6.07) is -0.222. The number of aliphatic hydroxyl groups is 1. The van der Waals surface area contributed by atoms with Crippen molar-refractivity contribution in [2.24, 2.45) is 0 Å². The zero-order valence-corrected chi connectivity index (χ0v) is 8.95. The molecule has 0 fully saturated rings. The molecule has 0 aromatic rings. The summed E-state index contributed by atoms with van der Waals surface area (Å²) in [5.41, 5.74) is 0. The summed E-state index contributed by atoms with van der Waals surface area (Å²) in [4.78, 5) is 11.1. The molecule has 0 aromatic carbocycles. The number of methoxy groups -OCH3 is 1. The Morgan fingerprint density at radius 1 is 1.50 bits per heavy atom. The number of hydrogen-bond donors (Lipinski definition) is 2. The molecule has 0 heterocycles. The maximum atomic E-state index is 11.1. The maximum Gasteiger partial charge on any atom is 0.320 e. The van der Waals surface area contributed by atoms with Crippen LogP contribution in [0.15, 0.2) is 0 Å². The number of rotatable bonds is 7. The van der Waals surface area contributed by atoms with Gasteiger partial charge in [-0.05, 0) is 13.8 Å². The molecule has 0 aromatic heterocycles. The summed E-state index contributed by atoms with van der Waals surface area (Å²) in [6.45, 7) is 3.97. The van der Waals surface area contributed by atoms with Crippen LogP contribution < -0.4 is 5.32 Å². The molecule has 0 aliphatic carbocycles. The molecular weight excluding hydrogens is 186 g/mol. The smallest absolute Gasteiger partial charge is 0.320 e. The third-order valence-electron chi connectivity index (χ3n) is 1.49. The van der Waals surface area contributed by atoms with Crippen molar-refractivity contribution in [3.8, 4) is 0 Å². The third kappa shape index (κ3) is 6.82. The molecule has 0 bridgehead atoms. The van der Waals surface area contributed by atoms with Gasteiger partial charge >= 0.3 is 5.97 Å². The van der Waals surface area contributed by atoms with E-state index in [0.717, 1.165) is 0 Å². The highest BCUT2D eigenvalue weighted by molar-refractivity contribution is 5.71. The third-order valence-corrected chi connectivity index (χ3v) is 1.49. The lowest BCUT2D eigenvalue weighted by Crippen LogP contribution is -2.40. The molecule has 1 unspecified atom stereocenters. The van der Waals surface area contributed by atoms with Crippen LogP contribution in [0.3, 0.4) is 0 Å². The van der Waals surface area contributed by atoms with Gasteiger partial charge in [-0.15, -0.1) is 0 Å². The van der Waals surface area contributed by atoms with Gasteiger partial charge in [0.05, 0.1) is 31.9 Å². The van der Waals surface area contributed by atoms with Gasteiger partial charge in [-0.2, -0.15) is 0 Å². The fraction of sp³-hybridized carbons (Fsp3) is 0.889. The van der Waals surface area contributed by atoms with Crippen molar-refractivity contribution < 1.29 is 19.4 Å². The fourth-order valence-corrected chi connectivity index (χ4v) is 0.910. The first-order chi connectivity index (χ1) is 6.60. The van der Waals surface area contributed by atoms with Gasteiger partial charge in [-0.25, -0.2) is 0 Å². The Labute approximate surface area is 84.4 Å². The van der Waals surface area contributed by atoms with E-state index in [-0.39, 0.29) is 31.3 Å². The van der Waals surface area contributed by atoms with Crippen molar-refractivity contribution in [3.63, 3.8) is 0 Å². The van der Waals surface area contributed by atoms with Crippen molar-refractivity contribution in [3.05, 3.63) is 0 Å². The predicted octanol–water partition coefficient (Wildman–Crippen LogP) is -0.465. The molecule has 14 heavy (non-hydrogen) atoms. The molecule has 0 saturated carbocycles. The molecule has 5 nitrogen and oxygen atoms in total. The number of esters is 1. The topological polar surface area (TPSA) is 67.8 Å². The van der Waals surface area contributed by atoms with Crippen LogP contribution in [0.5, 0.6) is 0 Å². The molecular formula is C9H19NO4. The van der Waals surface area contributed by atoms with Gasteiger partial charge in [0.25, 0.3) is 0 Å². The minimum Gasteiger partial charge on any atom is -0.462 e. The number of hydrogen-bond acceptors (Lipinski definition) is 5. The van der Waals surface area contributed by atoms with Crippen LogP contribution in [0, 0.1) is 0 Å². The zero-order valence-electron chi connectivity index (χ0n) is 8.95. The van der Waals surface area contributed by atoms with Gasteiger partial charge in [-0.3, -0.25) is 10.1 Å². The van der Waals surface area contributed by atoms with Gasteiger partial charge in [-0.1, -0.05) is 0 Å². The molecule has 5 heteroatoms. The van der Waals surface area contributed by atoms with E-state index in [4.69, 9.17) is 14.6 Å². The Morgan fingerprint density at radius 2 is 2.14 bits per heavy atom. The van der Waals surface area contributed by atoms with Crippen molar-refractivity contribution >= 4 is 5.97 Å². The summed E-state index contributed by atoms with van der Waals surface area (Å²) in [6.07, 6.45) is -0.112. The second-order valence-electron chi connectivity index (χ2n) is 3.25. The molecule has 0 aliphatic heterocycles. The molecule has 0 aliphatic rings. The van der Waals surface area contributed by atoms with E-state index in [1.165, 1.54) is 7.11 Å². The average Bonchev–Trinajstić information content (AvgIpc) is 2.11. The zero-order chi connectivity index (χ0) is 11.0. The van der Waals surface area contributed by atoms with Gasteiger partial charge in [0.2, 0.25) is 0 Å². The summed E-state index contributed by atoms with van der Waals surface area (Å²) in [5, 5.41) is 11.7. The number of ether oxygens (including phenoxy) is 2. The second kappa shape index (κ2) is 7.73. The molecule has 0 amide bonds. The lowest BCUT2D eigenvalue weighted by Gasteiger charge is -2.15. The fourth-order valence-electron chi connectivity index (χ4n) is 0.910. The van der Waals surface area contributed by atoms with Crippen molar-refractivity contribution in [1.29, 1.82) is 0 Å². The molecule has 0 spiro atoms. The quantitative estimate of drug-likeness (QED) is 0.550. The lowest BCUT2D eigenvalue weighted by molar-refractivity contribution is -0.146. The van der Waals surface area contributed by atoms with E-state index in [1.807, 2.05) is 0 Å². The predicted molar refractivity (Wildman–Crippen MR) is 52.0 cm³/mol. The molecule has 1 atom stereocenters. The normalized spacial score (nSPS) is 12.9. The SMILES string of the molecule is COCC(CO)NCC(=O)OC(C)C. The van der Waals surface area contributed by atoms with E-state index in [0.29, 0.717) is 6.61 Å². The standard InChI is InChI=1S/C9H19NO4/c1-7(2)14-9(12)4-10-8(5-11)6-13-3/h7-8,10-11H,4-6H2,1-3H3. The van der Waals surface area contributed by atoms with Gasteiger partial charge in [0, 0.05) is 7.11 Å². The van der Waals surface area contributed by atoms with Crippen molar-refractivity contribution in [2.75, 3.05) is 26.9 Å². The van der Waals surface area contributed by atoms with E-state index < -0.39 is 0 Å². The van der Waals surface area contributed by atoms with Crippen molar-refractivity contribution in [2.45, 2.75) is 26.0 Å². The van der Waals surface area contributed by atoms with Crippen LogP contribution >= 0.6 is 0 Å². The maximum absolute atomic E-state index is 11.1. The van der Waals surface area contributed by atoms with E-state index >= 15 is 0 Å². The summed E-state index contributed by atoms with van der Waals surface area (Å²) in [7, 11) is 1.54. The van der Waals surface area contributed by atoms with E-state index in [1.54, 1.807) is 13.8 Å².